The van der Waals surface area contributed by atoms with Gasteiger partial charge in [-0.3, -0.25) is 4.79 Å². The summed E-state index contributed by atoms with van der Waals surface area (Å²) in [5, 5.41) is 3.22. The van der Waals surface area contributed by atoms with E-state index in [4.69, 9.17) is 4.74 Å². The number of benzene rings is 1. The Morgan fingerprint density at radius 1 is 1.47 bits per heavy atom. The zero-order valence-corrected chi connectivity index (χ0v) is 10.0. The van der Waals surface area contributed by atoms with Crippen LogP contribution in [0.4, 0.5) is 0 Å². The van der Waals surface area contributed by atoms with Crippen molar-refractivity contribution in [3.8, 4) is 5.75 Å². The molecule has 90 valence electrons. The van der Waals surface area contributed by atoms with Crippen LogP contribution in [-0.2, 0) is 6.42 Å². The van der Waals surface area contributed by atoms with Crippen LogP contribution in [0.5, 0.6) is 5.75 Å². The molecule has 3 rings (SSSR count). The van der Waals surface area contributed by atoms with Crippen LogP contribution < -0.4 is 10.1 Å². The monoisotopic (exact) mass is 231 g/mol. The van der Waals surface area contributed by atoms with Crippen molar-refractivity contribution in [3.05, 3.63) is 29.3 Å². The lowest BCUT2D eigenvalue weighted by molar-refractivity contribution is 0.0850. The van der Waals surface area contributed by atoms with Crippen LogP contribution in [0, 0.1) is 11.8 Å². The Morgan fingerprint density at radius 3 is 3.00 bits per heavy atom. The van der Waals surface area contributed by atoms with E-state index in [-0.39, 0.29) is 11.7 Å². The molecule has 1 unspecified atom stereocenters. The van der Waals surface area contributed by atoms with Crippen LogP contribution in [0.3, 0.4) is 0 Å². The second-order valence-electron chi connectivity index (χ2n) is 4.96. The third-order valence-corrected chi connectivity index (χ3v) is 3.91. The summed E-state index contributed by atoms with van der Waals surface area (Å²) in [6, 6.07) is 5.91. The maximum absolute atomic E-state index is 12.4. The Labute approximate surface area is 101 Å². The highest BCUT2D eigenvalue weighted by molar-refractivity contribution is 6.00. The first-order valence-electron chi connectivity index (χ1n) is 6.27. The molecular formula is C14H17NO2. The number of ether oxygens (including phenoxy) is 1. The van der Waals surface area contributed by atoms with Crippen molar-refractivity contribution in [2.45, 2.75) is 13.3 Å². The van der Waals surface area contributed by atoms with E-state index in [1.54, 1.807) is 0 Å². The van der Waals surface area contributed by atoms with Gasteiger partial charge in [-0.1, -0.05) is 19.1 Å². The van der Waals surface area contributed by atoms with Gasteiger partial charge in [0.2, 0.25) is 0 Å². The molecule has 1 saturated heterocycles. The van der Waals surface area contributed by atoms with Crippen LogP contribution in [0.1, 0.15) is 22.8 Å². The first-order chi connectivity index (χ1) is 8.27. The van der Waals surface area contributed by atoms with Gasteiger partial charge in [-0.05, 0) is 30.6 Å². The minimum atomic E-state index is 0.0898. The number of hydrogen-bond acceptors (Lipinski definition) is 3. The molecule has 2 aliphatic heterocycles. The van der Waals surface area contributed by atoms with E-state index in [9.17, 15) is 4.79 Å². The van der Waals surface area contributed by atoms with Crippen molar-refractivity contribution >= 4 is 5.78 Å². The van der Waals surface area contributed by atoms with E-state index in [0.29, 0.717) is 12.5 Å². The predicted molar refractivity (Wildman–Crippen MR) is 65.5 cm³/mol. The standard InChI is InChI=1S/C14H17NO2/c1-9(11-7-15-8-11)13(16)12-4-2-3-10-5-6-17-14(10)12/h2-4,9,11,15H,5-8H2,1H3. The first-order valence-corrected chi connectivity index (χ1v) is 6.27. The molecule has 3 nitrogen and oxygen atoms in total. The first kappa shape index (κ1) is 10.8. The fourth-order valence-corrected chi connectivity index (χ4v) is 2.53. The number of rotatable bonds is 3. The number of Topliss-reactive ketones (excluding diaryl/α,β-unsaturated/α-hetero) is 1. The average molecular weight is 231 g/mol. The van der Waals surface area contributed by atoms with Gasteiger partial charge in [-0.2, -0.15) is 0 Å². The van der Waals surface area contributed by atoms with Gasteiger partial charge in [0.05, 0.1) is 12.2 Å². The maximum atomic E-state index is 12.4. The third-order valence-electron chi connectivity index (χ3n) is 3.91. The number of carbonyl (C=O) groups is 1. The number of fused-ring (bicyclic) bond motifs is 1. The molecule has 1 N–H and O–H groups in total. The zero-order valence-electron chi connectivity index (χ0n) is 10.0. The van der Waals surface area contributed by atoms with Crippen molar-refractivity contribution in [2.24, 2.45) is 11.8 Å². The highest BCUT2D eigenvalue weighted by Crippen LogP contribution is 2.32. The summed E-state index contributed by atoms with van der Waals surface area (Å²) in [4.78, 5) is 12.4. The van der Waals surface area contributed by atoms with Crippen LogP contribution in [0.2, 0.25) is 0 Å². The molecular weight excluding hydrogens is 214 g/mol. The van der Waals surface area contributed by atoms with Gasteiger partial charge >= 0.3 is 0 Å². The van der Waals surface area contributed by atoms with Crippen molar-refractivity contribution in [1.82, 2.24) is 5.32 Å². The summed E-state index contributed by atoms with van der Waals surface area (Å²) >= 11 is 0. The van der Waals surface area contributed by atoms with E-state index >= 15 is 0 Å². The molecule has 1 fully saturated rings. The van der Waals surface area contributed by atoms with Crippen molar-refractivity contribution in [1.29, 1.82) is 0 Å². The second kappa shape index (κ2) is 4.15. The summed E-state index contributed by atoms with van der Waals surface area (Å²) < 4.78 is 5.60. The minimum Gasteiger partial charge on any atom is -0.492 e. The third kappa shape index (κ3) is 1.75. The largest absolute Gasteiger partial charge is 0.492 e. The molecule has 0 aliphatic carbocycles. The van der Waals surface area contributed by atoms with E-state index < -0.39 is 0 Å². The molecule has 0 saturated carbocycles. The summed E-state index contributed by atoms with van der Waals surface area (Å²) in [5.41, 5.74) is 1.95. The Hall–Kier alpha value is -1.35. The fraction of sp³-hybridized carbons (Fsp3) is 0.500. The van der Waals surface area contributed by atoms with Gasteiger partial charge in [0, 0.05) is 12.3 Å². The quantitative estimate of drug-likeness (QED) is 0.804. The molecule has 1 aromatic rings. The van der Waals surface area contributed by atoms with Gasteiger partial charge in [-0.15, -0.1) is 0 Å². The Bertz CT molecular complexity index is 452. The van der Waals surface area contributed by atoms with Gasteiger partial charge in [0.25, 0.3) is 0 Å². The van der Waals surface area contributed by atoms with Crippen LogP contribution in [0.15, 0.2) is 18.2 Å². The number of ketones is 1. The molecule has 3 heteroatoms. The van der Waals surface area contributed by atoms with Crippen molar-refractivity contribution < 1.29 is 9.53 Å². The summed E-state index contributed by atoms with van der Waals surface area (Å²) in [6.45, 7) is 4.66. The summed E-state index contributed by atoms with van der Waals surface area (Å²) in [7, 11) is 0. The lowest BCUT2D eigenvalue weighted by Crippen LogP contribution is -2.47. The molecule has 1 atom stereocenters. The Balaban J connectivity index is 1.88. The van der Waals surface area contributed by atoms with Crippen LogP contribution in [0.25, 0.3) is 0 Å². The highest BCUT2D eigenvalue weighted by atomic mass is 16.5. The van der Waals surface area contributed by atoms with Gasteiger partial charge in [-0.25, -0.2) is 0 Å². The molecule has 17 heavy (non-hydrogen) atoms. The summed E-state index contributed by atoms with van der Waals surface area (Å²) in [5.74, 6) is 1.64. The van der Waals surface area contributed by atoms with Crippen LogP contribution >= 0.6 is 0 Å². The van der Waals surface area contributed by atoms with E-state index in [0.717, 1.165) is 30.8 Å². The van der Waals surface area contributed by atoms with Crippen LogP contribution in [-0.4, -0.2) is 25.5 Å². The highest BCUT2D eigenvalue weighted by Gasteiger charge is 2.31. The SMILES string of the molecule is CC(C(=O)c1cccc2c1OCC2)C1CNC1. The van der Waals surface area contributed by atoms with Crippen molar-refractivity contribution in [2.75, 3.05) is 19.7 Å². The predicted octanol–water partition coefficient (Wildman–Crippen LogP) is 1.66. The van der Waals surface area contributed by atoms with E-state index in [1.807, 2.05) is 19.1 Å². The minimum absolute atomic E-state index is 0.0898. The molecule has 0 amide bonds. The van der Waals surface area contributed by atoms with Gasteiger partial charge in [0.15, 0.2) is 5.78 Å². The molecule has 0 bridgehead atoms. The van der Waals surface area contributed by atoms with E-state index in [1.165, 1.54) is 5.56 Å². The number of para-hydroxylation sites is 1. The number of hydrogen-bond donors (Lipinski definition) is 1. The average Bonchev–Trinajstić information content (AvgIpc) is 2.73. The number of carbonyl (C=O) groups excluding carboxylic acids is 1. The van der Waals surface area contributed by atoms with Gasteiger partial charge in [0.1, 0.15) is 5.75 Å². The fourth-order valence-electron chi connectivity index (χ4n) is 2.53. The Kier molecular flexibility index (Phi) is 2.63. The topological polar surface area (TPSA) is 38.3 Å². The molecule has 0 radical (unpaired) electrons. The molecule has 2 heterocycles. The van der Waals surface area contributed by atoms with E-state index in [2.05, 4.69) is 11.4 Å². The lowest BCUT2D eigenvalue weighted by Gasteiger charge is -2.31. The summed E-state index contributed by atoms with van der Waals surface area (Å²) in [6.07, 6.45) is 0.926. The van der Waals surface area contributed by atoms with Gasteiger partial charge < -0.3 is 10.1 Å². The number of nitrogens with one attached hydrogen (secondary N) is 1. The molecule has 0 aromatic heterocycles. The Morgan fingerprint density at radius 2 is 2.29 bits per heavy atom. The lowest BCUT2D eigenvalue weighted by atomic mass is 9.83. The second-order valence-corrected chi connectivity index (χ2v) is 4.96. The smallest absolute Gasteiger partial charge is 0.169 e. The van der Waals surface area contributed by atoms with Crippen molar-refractivity contribution in [3.63, 3.8) is 0 Å². The normalized spacial score (nSPS) is 20.3. The molecule has 0 spiro atoms. The molecule has 1 aromatic carbocycles. The maximum Gasteiger partial charge on any atom is 0.169 e. The zero-order chi connectivity index (χ0) is 11.8. The molecule has 2 aliphatic rings.